The first-order valence-corrected chi connectivity index (χ1v) is 13.2. The number of piperidine rings is 1. The van der Waals surface area contributed by atoms with Gasteiger partial charge in [-0.15, -0.1) is 0 Å². The average molecular weight is 492 g/mol. The number of hydrogen-bond acceptors (Lipinski definition) is 6. The predicted molar refractivity (Wildman–Crippen MR) is 138 cm³/mol. The quantitative estimate of drug-likeness (QED) is 0.528. The molecule has 2 aliphatic heterocycles. The Morgan fingerprint density at radius 3 is 2.58 bits per heavy atom. The minimum Gasteiger partial charge on any atom is -0.493 e. The molecule has 0 radical (unpaired) electrons. The van der Waals surface area contributed by atoms with Gasteiger partial charge in [-0.3, -0.25) is 4.79 Å². The summed E-state index contributed by atoms with van der Waals surface area (Å²) in [4.78, 5) is 19.3. The van der Waals surface area contributed by atoms with Crippen molar-refractivity contribution in [2.75, 3.05) is 26.2 Å². The van der Waals surface area contributed by atoms with Gasteiger partial charge in [0, 0.05) is 36.5 Å². The minimum absolute atomic E-state index is 0.0351. The van der Waals surface area contributed by atoms with Gasteiger partial charge in [0.2, 0.25) is 5.91 Å². The Bertz CT molecular complexity index is 1210. The smallest absolute Gasteiger partial charge is 0.242 e. The molecule has 2 aliphatic rings. The fourth-order valence-corrected chi connectivity index (χ4v) is 5.45. The van der Waals surface area contributed by atoms with E-state index >= 15 is 0 Å². The van der Waals surface area contributed by atoms with Crippen molar-refractivity contribution in [2.24, 2.45) is 5.92 Å². The Morgan fingerprint density at radius 1 is 1.17 bits per heavy atom. The second-order valence-electron chi connectivity index (χ2n) is 10.2. The van der Waals surface area contributed by atoms with Gasteiger partial charge < -0.3 is 20.1 Å². The zero-order valence-electron chi connectivity index (χ0n) is 21.5. The van der Waals surface area contributed by atoms with Crippen molar-refractivity contribution in [2.45, 2.75) is 65.0 Å². The van der Waals surface area contributed by atoms with Crippen molar-refractivity contribution in [3.05, 3.63) is 58.5 Å². The lowest BCUT2D eigenvalue weighted by Crippen LogP contribution is -2.50. The third-order valence-electron chi connectivity index (χ3n) is 7.58. The molecular weight excluding hydrogens is 454 g/mol. The highest BCUT2D eigenvalue weighted by atomic mass is 16.5. The van der Waals surface area contributed by atoms with E-state index in [9.17, 15) is 9.90 Å². The van der Waals surface area contributed by atoms with Crippen molar-refractivity contribution in [3.63, 3.8) is 0 Å². The third-order valence-corrected chi connectivity index (χ3v) is 7.58. The summed E-state index contributed by atoms with van der Waals surface area (Å²) in [6.45, 7) is 9.05. The molecule has 0 spiro atoms. The molecular formula is C28H37N5O3. The van der Waals surface area contributed by atoms with Crippen LogP contribution in [0.4, 0.5) is 0 Å². The number of nitrogens with zero attached hydrogens (tertiary/aromatic N) is 4. The lowest BCUT2D eigenvalue weighted by molar-refractivity contribution is -0.136. The topological polar surface area (TPSA) is 92.0 Å². The zero-order chi connectivity index (χ0) is 25.2. The summed E-state index contributed by atoms with van der Waals surface area (Å²) in [6.07, 6.45) is 3.60. The lowest BCUT2D eigenvalue weighted by atomic mass is 9.97. The molecule has 4 heterocycles. The van der Waals surface area contributed by atoms with E-state index in [0.29, 0.717) is 25.5 Å². The number of likely N-dealkylation sites (tertiary alicyclic amines) is 1. The molecule has 192 valence electrons. The molecule has 2 atom stereocenters. The van der Waals surface area contributed by atoms with Crippen LogP contribution < -0.4 is 10.1 Å². The van der Waals surface area contributed by atoms with Crippen molar-refractivity contribution in [1.82, 2.24) is 24.8 Å². The number of rotatable bonds is 7. The Hall–Kier alpha value is -2.97. The number of amides is 1. The van der Waals surface area contributed by atoms with E-state index < -0.39 is 12.1 Å². The van der Waals surface area contributed by atoms with Gasteiger partial charge >= 0.3 is 0 Å². The first-order valence-electron chi connectivity index (χ1n) is 13.2. The maximum Gasteiger partial charge on any atom is 0.242 e. The Kier molecular flexibility index (Phi) is 7.25. The number of hydrogen-bond donors (Lipinski definition) is 2. The largest absolute Gasteiger partial charge is 0.493 e. The van der Waals surface area contributed by atoms with Crippen molar-refractivity contribution in [1.29, 1.82) is 0 Å². The molecule has 2 N–H and O–H groups in total. The van der Waals surface area contributed by atoms with Gasteiger partial charge in [-0.2, -0.15) is 5.10 Å². The van der Waals surface area contributed by atoms with Gasteiger partial charge in [-0.1, -0.05) is 19.1 Å². The summed E-state index contributed by atoms with van der Waals surface area (Å²) in [6, 6.07) is 9.97. The highest BCUT2D eigenvalue weighted by molar-refractivity contribution is 5.83. The molecule has 2 fully saturated rings. The Labute approximate surface area is 212 Å². The number of aliphatic hydroxyl groups is 1. The molecule has 8 nitrogen and oxygen atoms in total. The first-order chi connectivity index (χ1) is 17.4. The van der Waals surface area contributed by atoms with Crippen LogP contribution in [-0.2, 0) is 17.6 Å². The number of aromatic nitrogens is 3. The van der Waals surface area contributed by atoms with Crippen LogP contribution in [-0.4, -0.2) is 68.9 Å². The molecule has 2 unspecified atom stereocenters. The van der Waals surface area contributed by atoms with E-state index in [4.69, 9.17) is 14.8 Å². The summed E-state index contributed by atoms with van der Waals surface area (Å²) in [5.41, 5.74) is 6.56. The number of carbonyl (C=O) groups excluding carboxylic acids is 1. The number of fused-ring (bicyclic) bond motifs is 1. The van der Waals surface area contributed by atoms with E-state index in [1.165, 1.54) is 11.1 Å². The van der Waals surface area contributed by atoms with E-state index in [1.54, 1.807) is 0 Å². The van der Waals surface area contributed by atoms with Crippen LogP contribution in [0.3, 0.4) is 0 Å². The van der Waals surface area contributed by atoms with E-state index in [0.717, 1.165) is 67.3 Å². The number of aliphatic hydroxyl groups excluding tert-OH is 1. The summed E-state index contributed by atoms with van der Waals surface area (Å²) < 4.78 is 8.07. The van der Waals surface area contributed by atoms with E-state index in [1.807, 2.05) is 28.5 Å². The van der Waals surface area contributed by atoms with Crippen molar-refractivity contribution in [3.8, 4) is 5.75 Å². The normalized spacial score (nSPS) is 20.8. The predicted octanol–water partition coefficient (Wildman–Crippen LogP) is 2.84. The van der Waals surface area contributed by atoms with Gasteiger partial charge in [0.25, 0.3) is 0 Å². The van der Waals surface area contributed by atoms with E-state index in [-0.39, 0.29) is 5.91 Å². The van der Waals surface area contributed by atoms with Crippen LogP contribution in [0.15, 0.2) is 30.3 Å². The van der Waals surface area contributed by atoms with Crippen LogP contribution in [0.5, 0.6) is 5.75 Å². The molecule has 2 saturated heterocycles. The summed E-state index contributed by atoms with van der Waals surface area (Å²) in [5, 5.41) is 17.9. The highest BCUT2D eigenvalue weighted by Gasteiger charge is 2.35. The molecule has 1 aromatic carbocycles. The maximum atomic E-state index is 12.7. The van der Waals surface area contributed by atoms with Gasteiger partial charge in [0.1, 0.15) is 11.8 Å². The molecule has 2 aromatic heterocycles. The maximum absolute atomic E-state index is 12.7. The molecule has 5 rings (SSSR count). The van der Waals surface area contributed by atoms with E-state index in [2.05, 4.69) is 37.4 Å². The third kappa shape index (κ3) is 5.11. The number of benzene rings is 1. The number of aryl methyl sites for hydroxylation is 3. The highest BCUT2D eigenvalue weighted by Crippen LogP contribution is 2.24. The molecule has 0 saturated carbocycles. The van der Waals surface area contributed by atoms with Crippen LogP contribution >= 0.6 is 0 Å². The van der Waals surface area contributed by atoms with Gasteiger partial charge in [-0.05, 0) is 75.8 Å². The summed E-state index contributed by atoms with van der Waals surface area (Å²) in [5.74, 6) is 1.34. The van der Waals surface area contributed by atoms with Crippen molar-refractivity contribution >= 4 is 11.6 Å². The Morgan fingerprint density at radius 2 is 1.92 bits per heavy atom. The van der Waals surface area contributed by atoms with Crippen LogP contribution in [0.1, 0.15) is 54.4 Å². The average Bonchev–Trinajstić information content (AvgIpc) is 3.47. The monoisotopic (exact) mass is 491 g/mol. The number of ether oxygens (including phenoxy) is 1. The molecule has 3 aromatic rings. The van der Waals surface area contributed by atoms with Gasteiger partial charge in [0.15, 0.2) is 5.65 Å². The first kappa shape index (κ1) is 24.7. The van der Waals surface area contributed by atoms with Crippen LogP contribution in [0.25, 0.3) is 5.65 Å². The van der Waals surface area contributed by atoms with Gasteiger partial charge in [-0.25, -0.2) is 9.50 Å². The molecule has 0 aliphatic carbocycles. The zero-order valence-corrected chi connectivity index (χ0v) is 21.5. The second-order valence-corrected chi connectivity index (χ2v) is 10.2. The van der Waals surface area contributed by atoms with Crippen LogP contribution in [0, 0.1) is 19.8 Å². The minimum atomic E-state index is -0.563. The lowest BCUT2D eigenvalue weighted by Gasteiger charge is -2.34. The SMILES string of the molecule is CCc1nn2c(C)cc(C)nc2c1Cc1ccc(OCC2CCN(C(=O)C3NCCC3O)CC2)cc1. The van der Waals surface area contributed by atoms with Gasteiger partial charge in [0.05, 0.1) is 18.4 Å². The summed E-state index contributed by atoms with van der Waals surface area (Å²) >= 11 is 0. The standard InChI is InChI=1S/C28H37N5O3/c1-4-24-23(27-30-18(2)15-19(3)33(27)31-24)16-20-5-7-22(8-6-20)36-17-21-10-13-32(14-11-21)28(35)26-25(34)9-12-29-26/h5-8,15,21,25-26,29,34H,4,9-14,16-17H2,1-3H3. The fraction of sp³-hybridized carbons (Fsp3) is 0.536. The molecule has 0 bridgehead atoms. The fourth-order valence-electron chi connectivity index (χ4n) is 5.45. The Balaban J connectivity index is 1.15. The number of carbonyl (C=O) groups is 1. The van der Waals surface area contributed by atoms with Crippen molar-refractivity contribution < 1.29 is 14.6 Å². The summed E-state index contributed by atoms with van der Waals surface area (Å²) in [7, 11) is 0. The number of nitrogens with one attached hydrogen (secondary N) is 1. The molecule has 1 amide bonds. The second kappa shape index (κ2) is 10.6. The van der Waals surface area contributed by atoms with Crippen LogP contribution in [0.2, 0.25) is 0 Å². The molecule has 36 heavy (non-hydrogen) atoms. The molecule has 8 heteroatoms.